The molecular formula is C14H21N3O2. The number of carbonyl (C=O) groups excluding carboxylic acids is 1. The highest BCUT2D eigenvalue weighted by Crippen LogP contribution is 2.31. The molecule has 5 nitrogen and oxygen atoms in total. The van der Waals surface area contributed by atoms with Crippen molar-refractivity contribution in [2.24, 2.45) is 5.73 Å². The molecule has 0 bridgehead atoms. The number of rotatable bonds is 4. The van der Waals surface area contributed by atoms with Crippen molar-refractivity contribution in [3.63, 3.8) is 0 Å². The van der Waals surface area contributed by atoms with Gasteiger partial charge in [0.2, 0.25) is 5.91 Å². The summed E-state index contributed by atoms with van der Waals surface area (Å²) >= 11 is 0. The fraction of sp³-hybridized carbons (Fsp3) is 0.500. The Morgan fingerprint density at radius 3 is 2.79 bits per heavy atom. The lowest BCUT2D eigenvalue weighted by Gasteiger charge is -2.37. The highest BCUT2D eigenvalue weighted by Gasteiger charge is 2.29. The van der Waals surface area contributed by atoms with Crippen molar-refractivity contribution in [3.05, 3.63) is 29.8 Å². The van der Waals surface area contributed by atoms with Gasteiger partial charge in [0, 0.05) is 24.7 Å². The normalized spacial score (nSPS) is 19.6. The number of hydrogen-bond acceptors (Lipinski definition) is 4. The maximum absolute atomic E-state index is 11.6. The topological polar surface area (TPSA) is 67.6 Å². The summed E-state index contributed by atoms with van der Waals surface area (Å²) in [5.41, 5.74) is 7.18. The second-order valence-electron chi connectivity index (χ2n) is 4.87. The van der Waals surface area contributed by atoms with Crippen LogP contribution in [-0.2, 0) is 4.79 Å². The van der Waals surface area contributed by atoms with Crippen molar-refractivity contribution >= 4 is 5.91 Å². The second-order valence-corrected chi connectivity index (χ2v) is 4.87. The summed E-state index contributed by atoms with van der Waals surface area (Å²) in [6.07, 6.45) is 0. The molecule has 2 unspecified atom stereocenters. The Bertz CT molecular complexity index is 448. The van der Waals surface area contributed by atoms with Crippen molar-refractivity contribution in [1.29, 1.82) is 0 Å². The summed E-state index contributed by atoms with van der Waals surface area (Å²) in [6.45, 7) is 3.81. The van der Waals surface area contributed by atoms with E-state index in [4.69, 9.17) is 10.5 Å². The first-order valence-corrected chi connectivity index (χ1v) is 6.52. The summed E-state index contributed by atoms with van der Waals surface area (Å²) in [7, 11) is 1.65. The lowest BCUT2D eigenvalue weighted by Crippen LogP contribution is -2.52. The van der Waals surface area contributed by atoms with Gasteiger partial charge < -0.3 is 15.8 Å². The molecule has 1 saturated heterocycles. The average molecular weight is 263 g/mol. The number of piperazine rings is 1. The summed E-state index contributed by atoms with van der Waals surface area (Å²) in [5, 5.41) is 2.83. The van der Waals surface area contributed by atoms with Gasteiger partial charge in [-0.3, -0.25) is 9.69 Å². The number of benzene rings is 1. The molecule has 0 saturated carbocycles. The zero-order valence-electron chi connectivity index (χ0n) is 11.4. The van der Waals surface area contributed by atoms with Crippen LogP contribution in [0.25, 0.3) is 0 Å². The van der Waals surface area contributed by atoms with E-state index in [9.17, 15) is 4.79 Å². The van der Waals surface area contributed by atoms with Gasteiger partial charge in [0.1, 0.15) is 5.75 Å². The van der Waals surface area contributed by atoms with E-state index >= 15 is 0 Å². The minimum Gasteiger partial charge on any atom is -0.496 e. The van der Waals surface area contributed by atoms with Crippen molar-refractivity contribution < 1.29 is 9.53 Å². The van der Waals surface area contributed by atoms with Crippen molar-refractivity contribution in [2.45, 2.75) is 19.0 Å². The Morgan fingerprint density at radius 2 is 2.16 bits per heavy atom. The first-order chi connectivity index (χ1) is 9.13. The van der Waals surface area contributed by atoms with Crippen LogP contribution in [0.2, 0.25) is 0 Å². The number of nitrogens with zero attached hydrogens (tertiary/aromatic N) is 1. The van der Waals surface area contributed by atoms with Crippen molar-refractivity contribution in [2.75, 3.05) is 26.7 Å². The van der Waals surface area contributed by atoms with E-state index in [0.29, 0.717) is 13.1 Å². The molecule has 2 atom stereocenters. The van der Waals surface area contributed by atoms with Crippen LogP contribution in [0.1, 0.15) is 18.5 Å². The van der Waals surface area contributed by atoms with Gasteiger partial charge in [-0.1, -0.05) is 18.2 Å². The number of nitrogens with two attached hydrogens (primary N) is 1. The summed E-state index contributed by atoms with van der Waals surface area (Å²) in [5.74, 6) is 0.863. The zero-order chi connectivity index (χ0) is 13.8. The molecule has 1 aliphatic heterocycles. The Hall–Kier alpha value is -1.59. The van der Waals surface area contributed by atoms with Gasteiger partial charge >= 0.3 is 0 Å². The fourth-order valence-corrected chi connectivity index (χ4v) is 2.62. The number of para-hydroxylation sites is 1. The zero-order valence-corrected chi connectivity index (χ0v) is 11.4. The SMILES string of the molecule is COc1ccccc1C(C(C)N)N1CCNC(=O)C1. The molecular weight excluding hydrogens is 242 g/mol. The molecule has 0 radical (unpaired) electrons. The van der Waals surface area contributed by atoms with E-state index in [1.165, 1.54) is 0 Å². The van der Waals surface area contributed by atoms with Crippen molar-refractivity contribution in [3.8, 4) is 5.75 Å². The van der Waals surface area contributed by atoms with Gasteiger partial charge in [0.25, 0.3) is 0 Å². The highest BCUT2D eigenvalue weighted by atomic mass is 16.5. The molecule has 0 aromatic heterocycles. The van der Waals surface area contributed by atoms with Crippen LogP contribution < -0.4 is 15.8 Å². The van der Waals surface area contributed by atoms with Crippen LogP contribution >= 0.6 is 0 Å². The lowest BCUT2D eigenvalue weighted by molar-refractivity contribution is -0.125. The molecule has 19 heavy (non-hydrogen) atoms. The predicted octanol–water partition coefficient (Wildman–Crippen LogP) is 0.515. The Labute approximate surface area is 113 Å². The number of carbonyl (C=O) groups is 1. The summed E-state index contributed by atoms with van der Waals surface area (Å²) in [6, 6.07) is 7.75. The van der Waals surface area contributed by atoms with Gasteiger partial charge in [-0.2, -0.15) is 0 Å². The molecule has 5 heteroatoms. The monoisotopic (exact) mass is 263 g/mol. The van der Waals surface area contributed by atoms with Gasteiger partial charge in [-0.05, 0) is 13.0 Å². The van der Waals surface area contributed by atoms with E-state index in [2.05, 4.69) is 10.2 Å². The van der Waals surface area contributed by atoms with Crippen LogP contribution in [0.3, 0.4) is 0 Å². The first kappa shape index (κ1) is 13.8. The Kier molecular flexibility index (Phi) is 4.39. The fourth-order valence-electron chi connectivity index (χ4n) is 2.62. The molecule has 1 aromatic rings. The molecule has 1 aromatic carbocycles. The minimum atomic E-state index is -0.0813. The van der Waals surface area contributed by atoms with Gasteiger partial charge in [0.05, 0.1) is 19.7 Å². The largest absolute Gasteiger partial charge is 0.496 e. The van der Waals surface area contributed by atoms with E-state index in [1.807, 2.05) is 31.2 Å². The van der Waals surface area contributed by atoms with Crippen LogP contribution in [-0.4, -0.2) is 43.6 Å². The Morgan fingerprint density at radius 1 is 1.42 bits per heavy atom. The highest BCUT2D eigenvalue weighted by molar-refractivity contribution is 5.78. The van der Waals surface area contributed by atoms with E-state index in [1.54, 1.807) is 7.11 Å². The molecule has 0 aliphatic carbocycles. The number of nitrogens with one attached hydrogen (secondary N) is 1. The second kappa shape index (κ2) is 6.04. The first-order valence-electron chi connectivity index (χ1n) is 6.52. The molecule has 104 valence electrons. The molecule has 3 N–H and O–H groups in total. The number of hydrogen-bond donors (Lipinski definition) is 2. The van der Waals surface area contributed by atoms with Crippen LogP contribution in [0.4, 0.5) is 0 Å². The molecule has 1 heterocycles. The summed E-state index contributed by atoms with van der Waals surface area (Å²) in [4.78, 5) is 13.7. The van der Waals surface area contributed by atoms with E-state index < -0.39 is 0 Å². The van der Waals surface area contributed by atoms with E-state index in [0.717, 1.165) is 17.9 Å². The third-order valence-electron chi connectivity index (χ3n) is 3.42. The smallest absolute Gasteiger partial charge is 0.234 e. The molecule has 0 spiro atoms. The maximum atomic E-state index is 11.6. The number of amides is 1. The summed E-state index contributed by atoms with van der Waals surface area (Å²) < 4.78 is 5.41. The van der Waals surface area contributed by atoms with Gasteiger partial charge in [-0.25, -0.2) is 0 Å². The van der Waals surface area contributed by atoms with Crippen LogP contribution in [0.15, 0.2) is 24.3 Å². The predicted molar refractivity (Wildman–Crippen MR) is 74.0 cm³/mol. The minimum absolute atomic E-state index is 0.0119. The van der Waals surface area contributed by atoms with Crippen molar-refractivity contribution in [1.82, 2.24) is 10.2 Å². The van der Waals surface area contributed by atoms with E-state index in [-0.39, 0.29) is 18.0 Å². The standard InChI is InChI=1S/C14H21N3O2/c1-10(15)14(17-8-7-16-13(18)9-17)11-5-3-4-6-12(11)19-2/h3-6,10,14H,7-9,15H2,1-2H3,(H,16,18). The molecule has 1 fully saturated rings. The molecule has 2 rings (SSSR count). The maximum Gasteiger partial charge on any atom is 0.234 e. The van der Waals surface area contributed by atoms with Gasteiger partial charge in [0.15, 0.2) is 0 Å². The molecule has 1 aliphatic rings. The van der Waals surface area contributed by atoms with Gasteiger partial charge in [-0.15, -0.1) is 0 Å². The third-order valence-corrected chi connectivity index (χ3v) is 3.42. The van der Waals surface area contributed by atoms with Crippen LogP contribution in [0.5, 0.6) is 5.75 Å². The lowest BCUT2D eigenvalue weighted by atomic mass is 9.97. The van der Waals surface area contributed by atoms with Crippen LogP contribution in [0, 0.1) is 0 Å². The third kappa shape index (κ3) is 3.05. The quantitative estimate of drug-likeness (QED) is 0.831. The number of ether oxygens (including phenoxy) is 1. The number of methoxy groups -OCH3 is 1. The average Bonchev–Trinajstić information content (AvgIpc) is 2.39. The Balaban J connectivity index is 2.31. The molecule has 1 amide bonds.